The number of fused-ring (bicyclic) bond motifs is 1. The van der Waals surface area contributed by atoms with E-state index >= 15 is 0 Å². The molecular formula is C18H17BrN2O5S. The highest BCUT2D eigenvalue weighted by Gasteiger charge is 2.26. The van der Waals surface area contributed by atoms with E-state index in [9.17, 15) is 14.4 Å². The first-order valence-electron chi connectivity index (χ1n) is 8.22. The maximum atomic E-state index is 12.1. The van der Waals surface area contributed by atoms with E-state index in [1.54, 1.807) is 24.3 Å². The molecular weight excluding hydrogens is 436 g/mol. The summed E-state index contributed by atoms with van der Waals surface area (Å²) in [7, 11) is 0. The van der Waals surface area contributed by atoms with Crippen LogP contribution in [0, 0.1) is 0 Å². The maximum Gasteiger partial charge on any atom is 0.344 e. The fourth-order valence-corrected chi connectivity index (χ4v) is 4.35. The molecule has 27 heavy (non-hydrogen) atoms. The number of hydrogen-bond acceptors (Lipinski definition) is 6. The van der Waals surface area contributed by atoms with E-state index in [-0.39, 0.29) is 6.61 Å². The number of aryl methyl sites for hydroxylation is 1. The molecule has 1 heterocycles. The summed E-state index contributed by atoms with van der Waals surface area (Å²) in [6.45, 7) is -0.780. The summed E-state index contributed by atoms with van der Waals surface area (Å²) in [5.41, 5.74) is 6.73. The normalized spacial score (nSPS) is 12.3. The van der Waals surface area contributed by atoms with Gasteiger partial charge in [0.05, 0.1) is 5.56 Å². The van der Waals surface area contributed by atoms with Crippen LogP contribution >= 0.6 is 27.3 Å². The molecule has 0 spiro atoms. The molecule has 0 aliphatic heterocycles. The van der Waals surface area contributed by atoms with Gasteiger partial charge in [-0.25, -0.2) is 4.79 Å². The summed E-state index contributed by atoms with van der Waals surface area (Å²) >= 11 is 4.65. The number of carbonyl (C=O) groups is 3. The molecule has 0 unspecified atom stereocenters. The van der Waals surface area contributed by atoms with Crippen LogP contribution in [0.4, 0.5) is 5.00 Å². The van der Waals surface area contributed by atoms with Gasteiger partial charge in [0.1, 0.15) is 10.8 Å². The first kappa shape index (κ1) is 19.4. The van der Waals surface area contributed by atoms with Gasteiger partial charge in [-0.15, -0.1) is 11.3 Å². The first-order chi connectivity index (χ1) is 12.9. The lowest BCUT2D eigenvalue weighted by Gasteiger charge is -2.08. The molecule has 2 aromatic rings. The topological polar surface area (TPSA) is 108 Å². The van der Waals surface area contributed by atoms with E-state index in [0.29, 0.717) is 16.3 Å². The molecule has 1 aromatic carbocycles. The number of nitrogens with two attached hydrogens (primary N) is 1. The minimum absolute atomic E-state index is 0.311. The molecule has 3 rings (SSSR count). The minimum Gasteiger partial charge on any atom is -0.482 e. The molecule has 1 aliphatic rings. The van der Waals surface area contributed by atoms with E-state index < -0.39 is 24.4 Å². The van der Waals surface area contributed by atoms with E-state index in [1.807, 2.05) is 0 Å². The molecule has 9 heteroatoms. The predicted octanol–water partition coefficient (Wildman–Crippen LogP) is 2.66. The Kier molecular flexibility index (Phi) is 6.12. The number of halogens is 1. The summed E-state index contributed by atoms with van der Waals surface area (Å²) in [5, 5.41) is 3.03. The highest BCUT2D eigenvalue weighted by atomic mass is 79.9. The van der Waals surface area contributed by atoms with Crippen molar-refractivity contribution < 1.29 is 23.9 Å². The van der Waals surface area contributed by atoms with Gasteiger partial charge in [0.2, 0.25) is 0 Å². The van der Waals surface area contributed by atoms with Gasteiger partial charge in [-0.2, -0.15) is 0 Å². The largest absolute Gasteiger partial charge is 0.482 e. The van der Waals surface area contributed by atoms with Crippen LogP contribution < -0.4 is 15.8 Å². The fraction of sp³-hybridized carbons (Fsp3) is 0.278. The SMILES string of the molecule is NC(=O)c1c(NC(=O)COC(=O)COc2ccc(Br)cc2)sc2c1CCC2. The zero-order valence-electron chi connectivity index (χ0n) is 14.2. The molecule has 1 aromatic heterocycles. The van der Waals surface area contributed by atoms with Crippen molar-refractivity contribution in [3.8, 4) is 5.75 Å². The van der Waals surface area contributed by atoms with Crippen LogP contribution in [0.3, 0.4) is 0 Å². The Hall–Kier alpha value is -2.39. The second-order valence-corrected chi connectivity index (χ2v) is 7.90. The monoisotopic (exact) mass is 452 g/mol. The van der Waals surface area contributed by atoms with Gasteiger partial charge in [-0.05, 0) is 49.1 Å². The molecule has 0 saturated carbocycles. The third-order valence-corrected chi connectivity index (χ3v) is 5.69. The van der Waals surface area contributed by atoms with E-state index in [1.165, 1.54) is 11.3 Å². The van der Waals surface area contributed by atoms with Crippen LogP contribution in [-0.4, -0.2) is 31.0 Å². The van der Waals surface area contributed by atoms with Gasteiger partial charge in [0, 0.05) is 9.35 Å². The lowest BCUT2D eigenvalue weighted by Crippen LogP contribution is -2.24. The average Bonchev–Trinajstić information content (AvgIpc) is 3.19. The van der Waals surface area contributed by atoms with Crippen LogP contribution in [0.25, 0.3) is 0 Å². The van der Waals surface area contributed by atoms with Crippen molar-refractivity contribution in [2.24, 2.45) is 5.73 Å². The van der Waals surface area contributed by atoms with Crippen molar-refractivity contribution in [2.75, 3.05) is 18.5 Å². The number of thiophene rings is 1. The number of amides is 2. The summed E-state index contributed by atoms with van der Waals surface area (Å²) in [6.07, 6.45) is 2.63. The van der Waals surface area contributed by atoms with Gasteiger partial charge in [-0.3, -0.25) is 9.59 Å². The second-order valence-electron chi connectivity index (χ2n) is 5.88. The summed E-state index contributed by atoms with van der Waals surface area (Å²) < 4.78 is 11.1. The molecule has 7 nitrogen and oxygen atoms in total. The third-order valence-electron chi connectivity index (χ3n) is 3.96. The average molecular weight is 453 g/mol. The molecule has 0 radical (unpaired) electrons. The first-order valence-corrected chi connectivity index (χ1v) is 9.83. The second kappa shape index (κ2) is 8.53. The number of benzene rings is 1. The smallest absolute Gasteiger partial charge is 0.344 e. The molecule has 0 atom stereocenters. The highest BCUT2D eigenvalue weighted by Crippen LogP contribution is 2.38. The van der Waals surface area contributed by atoms with Crippen molar-refractivity contribution in [1.82, 2.24) is 0 Å². The molecule has 0 fully saturated rings. The Labute approximate surface area is 168 Å². The summed E-state index contributed by atoms with van der Waals surface area (Å²) in [4.78, 5) is 36.5. The Balaban J connectivity index is 1.49. The van der Waals surface area contributed by atoms with Gasteiger partial charge in [0.25, 0.3) is 11.8 Å². The maximum absolute atomic E-state index is 12.1. The number of carbonyl (C=O) groups excluding carboxylic acids is 3. The molecule has 3 N–H and O–H groups in total. The highest BCUT2D eigenvalue weighted by molar-refractivity contribution is 9.10. The van der Waals surface area contributed by atoms with Crippen molar-refractivity contribution in [3.05, 3.63) is 44.7 Å². The third kappa shape index (κ3) is 4.86. The number of nitrogens with one attached hydrogen (secondary N) is 1. The van der Waals surface area contributed by atoms with Crippen LogP contribution in [-0.2, 0) is 27.2 Å². The van der Waals surface area contributed by atoms with E-state index in [2.05, 4.69) is 21.2 Å². The summed E-state index contributed by atoms with van der Waals surface area (Å²) in [5.74, 6) is -1.25. The van der Waals surface area contributed by atoms with Gasteiger partial charge in [-0.1, -0.05) is 15.9 Å². The van der Waals surface area contributed by atoms with Crippen molar-refractivity contribution >= 4 is 50.1 Å². The van der Waals surface area contributed by atoms with Gasteiger partial charge in [0.15, 0.2) is 13.2 Å². The van der Waals surface area contributed by atoms with Crippen LogP contribution in [0.2, 0.25) is 0 Å². The Bertz CT molecular complexity index is 879. The standard InChI is InChI=1S/C18H17BrN2O5S/c19-10-4-6-11(7-5-10)25-9-15(23)26-8-14(22)21-18-16(17(20)24)12-2-1-3-13(12)27-18/h4-7H,1-3,8-9H2,(H2,20,24)(H,21,22). The van der Waals surface area contributed by atoms with Crippen molar-refractivity contribution in [3.63, 3.8) is 0 Å². The number of ether oxygens (including phenoxy) is 2. The molecule has 2 amide bonds. The molecule has 142 valence electrons. The Morgan fingerprint density at radius 3 is 2.59 bits per heavy atom. The van der Waals surface area contributed by atoms with Gasteiger partial charge >= 0.3 is 5.97 Å². The zero-order valence-corrected chi connectivity index (χ0v) is 16.7. The lowest BCUT2D eigenvalue weighted by atomic mass is 10.1. The lowest BCUT2D eigenvalue weighted by molar-refractivity contribution is -0.149. The van der Waals surface area contributed by atoms with Crippen LogP contribution in [0.1, 0.15) is 27.2 Å². The zero-order chi connectivity index (χ0) is 19.4. The molecule has 1 aliphatic carbocycles. The summed E-state index contributed by atoms with van der Waals surface area (Å²) in [6, 6.07) is 6.96. The fourth-order valence-electron chi connectivity index (χ4n) is 2.78. The minimum atomic E-state index is -0.670. The Morgan fingerprint density at radius 1 is 1.15 bits per heavy atom. The Morgan fingerprint density at radius 2 is 1.89 bits per heavy atom. The van der Waals surface area contributed by atoms with Crippen LogP contribution in [0.5, 0.6) is 5.75 Å². The van der Waals surface area contributed by atoms with E-state index in [0.717, 1.165) is 34.2 Å². The quantitative estimate of drug-likeness (QED) is 0.627. The molecule has 0 saturated heterocycles. The number of esters is 1. The van der Waals surface area contributed by atoms with Crippen LogP contribution in [0.15, 0.2) is 28.7 Å². The predicted molar refractivity (Wildman–Crippen MR) is 104 cm³/mol. The molecule has 0 bridgehead atoms. The van der Waals surface area contributed by atoms with E-state index in [4.69, 9.17) is 15.2 Å². The van der Waals surface area contributed by atoms with Gasteiger partial charge < -0.3 is 20.5 Å². The van der Waals surface area contributed by atoms with Crippen molar-refractivity contribution in [1.29, 1.82) is 0 Å². The number of rotatable bonds is 7. The number of hydrogen-bond donors (Lipinski definition) is 2. The number of primary amides is 1. The number of anilines is 1. The van der Waals surface area contributed by atoms with Crippen molar-refractivity contribution in [2.45, 2.75) is 19.3 Å².